The summed E-state index contributed by atoms with van der Waals surface area (Å²) in [5.41, 5.74) is 0.788. The van der Waals surface area contributed by atoms with Gasteiger partial charge in [0.05, 0.1) is 20.3 Å². The maximum absolute atomic E-state index is 10.1. The number of ether oxygens (including phenoxy) is 2. The summed E-state index contributed by atoms with van der Waals surface area (Å²) in [7, 11) is 4.96. The average molecular weight is 349 g/mol. The molecule has 3 rings (SSSR count). The second-order valence-corrected chi connectivity index (χ2v) is 6.92. The maximum atomic E-state index is 10.1. The van der Waals surface area contributed by atoms with E-state index in [-0.39, 0.29) is 5.75 Å². The Bertz CT molecular complexity index is 776. The van der Waals surface area contributed by atoms with Crippen LogP contribution in [0.3, 0.4) is 0 Å². The first kappa shape index (κ1) is 16.8. The number of rotatable bonds is 4. The predicted molar refractivity (Wildman–Crippen MR) is 93.7 cm³/mol. The molecular formula is C17H23N3O3S. The number of aromatic hydroxyl groups is 1. The molecule has 1 aromatic heterocycles. The van der Waals surface area contributed by atoms with Crippen molar-refractivity contribution in [2.45, 2.75) is 38.1 Å². The first-order valence-electron chi connectivity index (χ1n) is 8.15. The molecule has 1 saturated carbocycles. The highest BCUT2D eigenvalue weighted by Crippen LogP contribution is 2.40. The van der Waals surface area contributed by atoms with Crippen LogP contribution in [-0.4, -0.2) is 35.1 Å². The predicted octanol–water partition coefficient (Wildman–Crippen LogP) is 3.10. The zero-order valence-electron chi connectivity index (χ0n) is 14.3. The van der Waals surface area contributed by atoms with Crippen LogP contribution in [0.1, 0.15) is 32.1 Å². The van der Waals surface area contributed by atoms with E-state index in [0.717, 1.165) is 28.2 Å². The summed E-state index contributed by atoms with van der Waals surface area (Å²) >= 11 is 1.53. The van der Waals surface area contributed by atoms with E-state index < -0.39 is 0 Å². The smallest absolute Gasteiger partial charge is 0.203 e. The third-order valence-electron chi connectivity index (χ3n) is 4.28. The molecule has 2 aromatic rings. The van der Waals surface area contributed by atoms with E-state index in [2.05, 4.69) is 5.10 Å². The van der Waals surface area contributed by atoms with Crippen molar-refractivity contribution in [2.24, 2.45) is 12.0 Å². The summed E-state index contributed by atoms with van der Waals surface area (Å²) < 4.78 is 12.3. The lowest BCUT2D eigenvalue weighted by Gasteiger charge is -2.16. The Morgan fingerprint density at radius 1 is 1.21 bits per heavy atom. The lowest BCUT2D eigenvalue weighted by atomic mass is 9.96. The molecule has 7 heteroatoms. The molecule has 1 aliphatic carbocycles. The molecule has 1 heterocycles. The first-order valence-corrected chi connectivity index (χ1v) is 8.97. The van der Waals surface area contributed by atoms with E-state index in [9.17, 15) is 5.11 Å². The van der Waals surface area contributed by atoms with E-state index in [1.807, 2.05) is 17.8 Å². The lowest BCUT2D eigenvalue weighted by Crippen LogP contribution is -2.18. The third kappa shape index (κ3) is 3.40. The van der Waals surface area contributed by atoms with Gasteiger partial charge in [-0.3, -0.25) is 4.99 Å². The molecule has 1 N–H and O–H groups in total. The van der Waals surface area contributed by atoms with E-state index in [1.54, 1.807) is 13.2 Å². The molecule has 0 radical (unpaired) electrons. The van der Waals surface area contributed by atoms with Gasteiger partial charge in [0.1, 0.15) is 5.01 Å². The number of aryl methyl sites for hydroxylation is 1. The fourth-order valence-electron chi connectivity index (χ4n) is 3.01. The summed E-state index contributed by atoms with van der Waals surface area (Å²) in [5.74, 6) is 0.848. The Kier molecular flexibility index (Phi) is 5.08. The van der Waals surface area contributed by atoms with Gasteiger partial charge in [0, 0.05) is 12.6 Å². The van der Waals surface area contributed by atoms with E-state index in [4.69, 9.17) is 14.5 Å². The zero-order valence-corrected chi connectivity index (χ0v) is 15.1. The van der Waals surface area contributed by atoms with Crippen LogP contribution in [0.5, 0.6) is 17.2 Å². The molecule has 130 valence electrons. The molecular weight excluding hydrogens is 326 g/mol. The zero-order chi connectivity index (χ0) is 17.1. The minimum atomic E-state index is 0.0375. The largest absolute Gasteiger partial charge is 0.504 e. The second kappa shape index (κ2) is 7.25. The van der Waals surface area contributed by atoms with E-state index in [0.29, 0.717) is 17.5 Å². The van der Waals surface area contributed by atoms with Crippen LogP contribution < -0.4 is 14.3 Å². The Balaban J connectivity index is 1.97. The fraction of sp³-hybridized carbons (Fsp3) is 0.529. The Morgan fingerprint density at radius 3 is 2.62 bits per heavy atom. The van der Waals surface area contributed by atoms with Gasteiger partial charge in [0.25, 0.3) is 0 Å². The van der Waals surface area contributed by atoms with Crippen LogP contribution in [0.15, 0.2) is 17.1 Å². The fourth-order valence-corrected chi connectivity index (χ4v) is 3.96. The van der Waals surface area contributed by atoms with Crippen LogP contribution in [0, 0.1) is 0 Å². The van der Waals surface area contributed by atoms with Crippen molar-refractivity contribution in [3.05, 3.63) is 16.9 Å². The highest BCUT2D eigenvalue weighted by Gasteiger charge is 2.16. The molecule has 0 saturated heterocycles. The van der Waals surface area contributed by atoms with Gasteiger partial charge in [-0.05, 0) is 25.0 Å². The molecule has 0 unspecified atom stereocenters. The molecule has 1 aromatic carbocycles. The molecule has 0 spiro atoms. The molecule has 0 amide bonds. The molecule has 24 heavy (non-hydrogen) atoms. The molecule has 0 atom stereocenters. The number of hydrogen-bond acceptors (Lipinski definition) is 6. The standard InChI is InChI=1S/C17H23N3O3S/c1-20-17(18-12-7-5-4-6-8-12)24-16(19-20)11-9-13(21)15(23-3)14(10-11)22-2/h9-10,12,21H,4-8H2,1-3H3. The van der Waals surface area contributed by atoms with Crippen LogP contribution in [0.2, 0.25) is 0 Å². The van der Waals surface area contributed by atoms with Crippen LogP contribution in [-0.2, 0) is 7.05 Å². The van der Waals surface area contributed by atoms with Crippen LogP contribution >= 0.6 is 11.3 Å². The molecule has 6 nitrogen and oxygen atoms in total. The maximum Gasteiger partial charge on any atom is 0.203 e. The number of phenols is 1. The minimum absolute atomic E-state index is 0.0375. The van der Waals surface area contributed by atoms with Crippen molar-refractivity contribution in [3.8, 4) is 27.8 Å². The van der Waals surface area contributed by atoms with Gasteiger partial charge in [-0.15, -0.1) is 0 Å². The summed E-state index contributed by atoms with van der Waals surface area (Å²) in [6.45, 7) is 0. The molecule has 0 aliphatic heterocycles. The molecule has 1 fully saturated rings. The minimum Gasteiger partial charge on any atom is -0.504 e. The Morgan fingerprint density at radius 2 is 1.96 bits per heavy atom. The summed E-state index contributed by atoms with van der Waals surface area (Å²) in [5, 5.41) is 15.5. The summed E-state index contributed by atoms with van der Waals surface area (Å²) in [6, 6.07) is 3.86. The normalized spacial score (nSPS) is 16.4. The van der Waals surface area contributed by atoms with Gasteiger partial charge in [0.2, 0.25) is 10.6 Å². The van der Waals surface area contributed by atoms with Gasteiger partial charge >= 0.3 is 0 Å². The average Bonchev–Trinajstić information content (AvgIpc) is 2.95. The number of phenolic OH excluding ortho intramolecular Hbond substituents is 1. The quantitative estimate of drug-likeness (QED) is 0.921. The SMILES string of the molecule is COc1cc(-c2nn(C)c(=NC3CCCCC3)s2)cc(O)c1OC. The highest BCUT2D eigenvalue weighted by molar-refractivity contribution is 7.12. The van der Waals surface area contributed by atoms with Gasteiger partial charge < -0.3 is 14.6 Å². The number of hydrogen-bond donors (Lipinski definition) is 1. The third-order valence-corrected chi connectivity index (χ3v) is 5.34. The van der Waals surface area contributed by atoms with E-state index in [1.165, 1.54) is 37.7 Å². The van der Waals surface area contributed by atoms with Crippen molar-refractivity contribution < 1.29 is 14.6 Å². The van der Waals surface area contributed by atoms with Crippen molar-refractivity contribution in [2.75, 3.05) is 14.2 Å². The number of aromatic nitrogens is 2. The highest BCUT2D eigenvalue weighted by atomic mass is 32.1. The van der Waals surface area contributed by atoms with Crippen molar-refractivity contribution >= 4 is 11.3 Å². The van der Waals surface area contributed by atoms with Crippen LogP contribution in [0.25, 0.3) is 10.6 Å². The summed E-state index contributed by atoms with van der Waals surface area (Å²) in [4.78, 5) is 5.77. The Labute approximate surface area is 145 Å². The first-order chi connectivity index (χ1) is 11.6. The lowest BCUT2D eigenvalue weighted by molar-refractivity contribution is 0.333. The Hall–Kier alpha value is -2.02. The van der Waals surface area contributed by atoms with Gasteiger partial charge in [0.15, 0.2) is 11.5 Å². The van der Waals surface area contributed by atoms with Gasteiger partial charge in [-0.25, -0.2) is 4.68 Å². The van der Waals surface area contributed by atoms with E-state index >= 15 is 0 Å². The van der Waals surface area contributed by atoms with Crippen molar-refractivity contribution in [3.63, 3.8) is 0 Å². The number of benzene rings is 1. The van der Waals surface area contributed by atoms with Crippen molar-refractivity contribution in [1.82, 2.24) is 9.78 Å². The molecule has 0 bridgehead atoms. The summed E-state index contributed by atoms with van der Waals surface area (Å²) in [6.07, 6.45) is 6.14. The molecule has 1 aliphatic rings. The van der Waals surface area contributed by atoms with Crippen LogP contribution in [0.4, 0.5) is 0 Å². The monoisotopic (exact) mass is 349 g/mol. The second-order valence-electron chi connectivity index (χ2n) is 5.97. The number of methoxy groups -OCH3 is 2. The van der Waals surface area contributed by atoms with Gasteiger partial charge in [-0.1, -0.05) is 30.6 Å². The topological polar surface area (TPSA) is 68.9 Å². The van der Waals surface area contributed by atoms with Gasteiger partial charge in [-0.2, -0.15) is 5.10 Å². The van der Waals surface area contributed by atoms with Crippen molar-refractivity contribution in [1.29, 1.82) is 0 Å². The number of nitrogens with zero attached hydrogens (tertiary/aromatic N) is 3.